The lowest BCUT2D eigenvalue weighted by Crippen LogP contribution is -2.54. The standard InChI is InChI=1S/C16H23N3O3/c1-5-6-11-12(9-17)14(20)19-8-7-18(10-13(11)19)15(21)22-16(2,3)4/h5-6,9,13H,1,7-8,10,17H2,2-4H3/b11-6?,12-9+. The normalized spacial score (nSPS) is 25.6. The number of hydrogen-bond acceptors (Lipinski definition) is 4. The van der Waals surface area contributed by atoms with Gasteiger partial charge in [-0.1, -0.05) is 18.7 Å². The van der Waals surface area contributed by atoms with E-state index in [1.807, 2.05) is 20.8 Å². The van der Waals surface area contributed by atoms with E-state index < -0.39 is 5.60 Å². The molecule has 2 heterocycles. The molecule has 0 aliphatic carbocycles. The Kier molecular flexibility index (Phi) is 4.30. The first-order valence-corrected chi connectivity index (χ1v) is 7.32. The molecule has 2 saturated heterocycles. The first-order chi connectivity index (χ1) is 10.3. The topological polar surface area (TPSA) is 75.9 Å². The highest BCUT2D eigenvalue weighted by atomic mass is 16.6. The maximum atomic E-state index is 12.3. The molecule has 2 aliphatic heterocycles. The number of fused-ring (bicyclic) bond motifs is 1. The van der Waals surface area contributed by atoms with Gasteiger partial charge in [0.1, 0.15) is 5.60 Å². The van der Waals surface area contributed by atoms with Crippen LogP contribution in [0.15, 0.2) is 36.1 Å². The zero-order valence-electron chi connectivity index (χ0n) is 13.3. The molecule has 2 amide bonds. The summed E-state index contributed by atoms with van der Waals surface area (Å²) in [5.74, 6) is -0.0931. The average Bonchev–Trinajstić information content (AvgIpc) is 2.69. The third kappa shape index (κ3) is 3.00. The minimum Gasteiger partial charge on any atom is -0.444 e. The number of carbonyl (C=O) groups excluding carboxylic acids is 2. The van der Waals surface area contributed by atoms with Gasteiger partial charge in [-0.25, -0.2) is 4.79 Å². The van der Waals surface area contributed by atoms with Gasteiger partial charge in [-0.05, 0) is 26.3 Å². The summed E-state index contributed by atoms with van der Waals surface area (Å²) < 4.78 is 5.41. The first-order valence-electron chi connectivity index (χ1n) is 7.32. The van der Waals surface area contributed by atoms with Gasteiger partial charge in [0.15, 0.2) is 0 Å². The highest BCUT2D eigenvalue weighted by Crippen LogP contribution is 2.32. The van der Waals surface area contributed by atoms with Crippen LogP contribution in [0.5, 0.6) is 0 Å². The van der Waals surface area contributed by atoms with Crippen molar-refractivity contribution in [3.05, 3.63) is 36.1 Å². The molecule has 2 N–H and O–H groups in total. The van der Waals surface area contributed by atoms with Gasteiger partial charge >= 0.3 is 6.09 Å². The number of piperazine rings is 1. The Morgan fingerprint density at radius 3 is 2.64 bits per heavy atom. The van der Waals surface area contributed by atoms with Crippen molar-refractivity contribution >= 4 is 12.0 Å². The summed E-state index contributed by atoms with van der Waals surface area (Å²) in [6.45, 7) is 10.5. The number of amides is 2. The van der Waals surface area contributed by atoms with Gasteiger partial charge in [-0.2, -0.15) is 0 Å². The fourth-order valence-corrected chi connectivity index (χ4v) is 2.74. The second kappa shape index (κ2) is 5.87. The van der Waals surface area contributed by atoms with Gasteiger partial charge in [-0.3, -0.25) is 4.79 Å². The Balaban J connectivity index is 2.21. The molecule has 0 aromatic carbocycles. The molecule has 0 aromatic heterocycles. The van der Waals surface area contributed by atoms with Crippen LogP contribution >= 0.6 is 0 Å². The molecule has 2 fully saturated rings. The average molecular weight is 305 g/mol. The molecule has 6 nitrogen and oxygen atoms in total. The molecule has 1 unspecified atom stereocenters. The highest BCUT2D eigenvalue weighted by molar-refractivity contribution is 6.02. The van der Waals surface area contributed by atoms with Crippen molar-refractivity contribution in [2.24, 2.45) is 5.73 Å². The largest absolute Gasteiger partial charge is 0.444 e. The number of hydrogen-bond donors (Lipinski definition) is 1. The molecule has 0 radical (unpaired) electrons. The van der Waals surface area contributed by atoms with Gasteiger partial charge in [0, 0.05) is 25.8 Å². The van der Waals surface area contributed by atoms with E-state index in [-0.39, 0.29) is 18.0 Å². The fourth-order valence-electron chi connectivity index (χ4n) is 2.74. The Morgan fingerprint density at radius 1 is 1.41 bits per heavy atom. The quantitative estimate of drug-likeness (QED) is 0.743. The van der Waals surface area contributed by atoms with Crippen LogP contribution in [0.25, 0.3) is 0 Å². The van der Waals surface area contributed by atoms with Gasteiger partial charge < -0.3 is 20.3 Å². The molecule has 120 valence electrons. The summed E-state index contributed by atoms with van der Waals surface area (Å²) in [6, 6.07) is -0.193. The molecule has 22 heavy (non-hydrogen) atoms. The lowest BCUT2D eigenvalue weighted by Gasteiger charge is -2.38. The summed E-state index contributed by atoms with van der Waals surface area (Å²) in [5, 5.41) is 0. The van der Waals surface area contributed by atoms with E-state index in [0.29, 0.717) is 25.2 Å². The van der Waals surface area contributed by atoms with E-state index in [1.165, 1.54) is 6.20 Å². The number of nitrogens with two attached hydrogens (primary N) is 1. The van der Waals surface area contributed by atoms with Crippen LogP contribution in [0.1, 0.15) is 20.8 Å². The minimum atomic E-state index is -0.540. The van der Waals surface area contributed by atoms with E-state index in [9.17, 15) is 9.59 Å². The van der Waals surface area contributed by atoms with Crippen LogP contribution < -0.4 is 5.73 Å². The lowest BCUT2D eigenvalue weighted by atomic mass is 10.0. The van der Waals surface area contributed by atoms with Crippen LogP contribution in [0, 0.1) is 0 Å². The summed E-state index contributed by atoms with van der Waals surface area (Å²) in [7, 11) is 0. The molecular formula is C16H23N3O3. The van der Waals surface area contributed by atoms with Gasteiger partial charge in [-0.15, -0.1) is 0 Å². The second-order valence-corrected chi connectivity index (χ2v) is 6.38. The van der Waals surface area contributed by atoms with E-state index in [2.05, 4.69) is 6.58 Å². The van der Waals surface area contributed by atoms with Gasteiger partial charge in [0.25, 0.3) is 5.91 Å². The number of allylic oxidation sites excluding steroid dienone is 2. The molecule has 0 bridgehead atoms. The SMILES string of the molecule is C=CC=C1/C(=C\N)C(=O)N2CCN(C(=O)OC(C)(C)C)CC12. The molecule has 1 atom stereocenters. The molecule has 0 spiro atoms. The van der Waals surface area contributed by atoms with Crippen molar-refractivity contribution in [3.63, 3.8) is 0 Å². The van der Waals surface area contributed by atoms with E-state index in [1.54, 1.807) is 22.0 Å². The predicted octanol–water partition coefficient (Wildman–Crippen LogP) is 1.40. The molecule has 0 aromatic rings. The van der Waals surface area contributed by atoms with E-state index in [4.69, 9.17) is 10.5 Å². The number of carbonyl (C=O) groups is 2. The van der Waals surface area contributed by atoms with Crippen LogP contribution in [0.4, 0.5) is 4.79 Å². The maximum absolute atomic E-state index is 12.3. The van der Waals surface area contributed by atoms with Crippen molar-refractivity contribution in [2.75, 3.05) is 19.6 Å². The summed E-state index contributed by atoms with van der Waals surface area (Å²) >= 11 is 0. The van der Waals surface area contributed by atoms with Crippen molar-refractivity contribution in [1.29, 1.82) is 0 Å². The van der Waals surface area contributed by atoms with Crippen molar-refractivity contribution in [1.82, 2.24) is 9.80 Å². The van der Waals surface area contributed by atoms with E-state index >= 15 is 0 Å². The molecule has 2 aliphatic rings. The molecular weight excluding hydrogens is 282 g/mol. The third-order valence-corrected chi connectivity index (χ3v) is 3.66. The zero-order chi connectivity index (χ0) is 16.5. The van der Waals surface area contributed by atoms with Crippen molar-refractivity contribution < 1.29 is 14.3 Å². The Morgan fingerprint density at radius 2 is 2.09 bits per heavy atom. The lowest BCUT2D eigenvalue weighted by molar-refractivity contribution is -0.128. The van der Waals surface area contributed by atoms with Gasteiger partial charge in [0.05, 0.1) is 11.6 Å². The number of nitrogens with zero attached hydrogens (tertiary/aromatic N) is 2. The zero-order valence-corrected chi connectivity index (χ0v) is 13.3. The third-order valence-electron chi connectivity index (χ3n) is 3.66. The fraction of sp³-hybridized carbons (Fsp3) is 0.500. The number of rotatable bonds is 1. The summed E-state index contributed by atoms with van der Waals surface area (Å²) in [5.41, 5.74) is 6.33. The van der Waals surface area contributed by atoms with Gasteiger partial charge in [0.2, 0.25) is 0 Å². The van der Waals surface area contributed by atoms with Crippen LogP contribution in [-0.4, -0.2) is 53.1 Å². The Bertz CT molecular complexity index is 557. The van der Waals surface area contributed by atoms with Crippen molar-refractivity contribution in [3.8, 4) is 0 Å². The number of ether oxygens (including phenoxy) is 1. The van der Waals surface area contributed by atoms with Crippen LogP contribution in [0.3, 0.4) is 0 Å². The first kappa shape index (κ1) is 16.1. The predicted molar refractivity (Wildman–Crippen MR) is 83.9 cm³/mol. The Hall–Kier alpha value is -2.24. The van der Waals surface area contributed by atoms with E-state index in [0.717, 1.165) is 5.57 Å². The highest BCUT2D eigenvalue weighted by Gasteiger charge is 2.43. The Labute approximate surface area is 130 Å². The minimum absolute atomic E-state index is 0.0931. The van der Waals surface area contributed by atoms with Crippen LogP contribution in [-0.2, 0) is 9.53 Å². The van der Waals surface area contributed by atoms with Crippen molar-refractivity contribution in [2.45, 2.75) is 32.4 Å². The smallest absolute Gasteiger partial charge is 0.410 e. The summed E-state index contributed by atoms with van der Waals surface area (Å²) in [6.07, 6.45) is 4.37. The molecule has 2 rings (SSSR count). The summed E-state index contributed by atoms with van der Waals surface area (Å²) in [4.78, 5) is 27.9. The maximum Gasteiger partial charge on any atom is 0.410 e. The second-order valence-electron chi connectivity index (χ2n) is 6.38. The van der Waals surface area contributed by atoms with Crippen LogP contribution in [0.2, 0.25) is 0 Å². The molecule has 0 saturated carbocycles. The monoisotopic (exact) mass is 305 g/mol. The molecule has 6 heteroatoms.